The summed E-state index contributed by atoms with van der Waals surface area (Å²) in [6, 6.07) is 11.5. The van der Waals surface area contributed by atoms with Crippen molar-refractivity contribution in [2.24, 2.45) is 0 Å². The topological polar surface area (TPSA) is 114 Å². The van der Waals surface area contributed by atoms with E-state index in [-0.39, 0.29) is 40.2 Å². The number of H-pyrrole nitrogens is 1. The number of nitrogens with zero attached hydrogens (tertiary/aromatic N) is 4. The predicted molar refractivity (Wildman–Crippen MR) is 138 cm³/mol. The average molecular weight is 558 g/mol. The molecule has 12 heteroatoms. The number of aryl methyl sites for hydroxylation is 1. The number of aromatic nitrogens is 4. The van der Waals surface area contributed by atoms with Crippen molar-refractivity contribution in [1.29, 1.82) is 5.26 Å². The van der Waals surface area contributed by atoms with Crippen molar-refractivity contribution in [2.45, 2.75) is 44.4 Å². The fourth-order valence-electron chi connectivity index (χ4n) is 4.54. The number of ether oxygens (including phenoxy) is 1. The molecule has 1 aliphatic carbocycles. The van der Waals surface area contributed by atoms with Gasteiger partial charge in [0.25, 0.3) is 5.56 Å². The molecule has 0 radical (unpaired) electrons. The lowest BCUT2D eigenvalue weighted by atomic mass is 9.84. The van der Waals surface area contributed by atoms with E-state index in [0.29, 0.717) is 24.1 Å². The molecule has 1 aliphatic rings. The highest BCUT2D eigenvalue weighted by atomic mass is 35.5. The molecule has 5 rings (SSSR count). The third-order valence-corrected chi connectivity index (χ3v) is 7.09. The number of hydrogen-bond donors (Lipinski definition) is 1. The van der Waals surface area contributed by atoms with Crippen LogP contribution in [0.3, 0.4) is 0 Å². The number of hydrogen-bond acceptors (Lipinski definition) is 6. The third-order valence-electron chi connectivity index (χ3n) is 6.52. The minimum atomic E-state index is -2.60. The summed E-state index contributed by atoms with van der Waals surface area (Å²) in [6.45, 7) is 1.92. The molecule has 0 amide bonds. The standard InChI is InChI=1S/C26H19Cl2F2N5O3/c1-13-8-21(14-4-6-26(29,30)7-5-14)32-20-3-2-16(11-17(13)20)38-23-18(27)9-15(10-19(23)28)35-25(37)33-24(36)22(12-31)34-35/h2-3,8-11,14H,4-7H2,1H3,(H,33,36,37). The quantitative estimate of drug-likeness (QED) is 0.327. The van der Waals surface area contributed by atoms with E-state index in [4.69, 9.17) is 38.2 Å². The van der Waals surface area contributed by atoms with Crippen LogP contribution >= 0.6 is 23.2 Å². The molecule has 4 aromatic rings. The van der Waals surface area contributed by atoms with Gasteiger partial charge in [-0.05, 0) is 61.7 Å². The maximum atomic E-state index is 13.6. The van der Waals surface area contributed by atoms with Gasteiger partial charge in [0.05, 0.1) is 21.2 Å². The Morgan fingerprint density at radius 3 is 2.47 bits per heavy atom. The maximum absolute atomic E-state index is 13.6. The van der Waals surface area contributed by atoms with Gasteiger partial charge in [0, 0.05) is 29.8 Å². The van der Waals surface area contributed by atoms with Crippen molar-refractivity contribution < 1.29 is 13.5 Å². The van der Waals surface area contributed by atoms with Crippen LogP contribution in [0.4, 0.5) is 8.78 Å². The van der Waals surface area contributed by atoms with E-state index < -0.39 is 22.9 Å². The summed E-state index contributed by atoms with van der Waals surface area (Å²) in [5.41, 5.74) is 0.310. The molecule has 0 bridgehead atoms. The van der Waals surface area contributed by atoms with Crippen molar-refractivity contribution in [2.75, 3.05) is 0 Å². The molecule has 0 aliphatic heterocycles. The van der Waals surface area contributed by atoms with Gasteiger partial charge in [0.15, 0.2) is 5.75 Å². The lowest BCUT2D eigenvalue weighted by Crippen LogP contribution is -2.33. The van der Waals surface area contributed by atoms with Crippen LogP contribution in [-0.2, 0) is 0 Å². The van der Waals surface area contributed by atoms with E-state index in [0.717, 1.165) is 21.3 Å². The van der Waals surface area contributed by atoms with E-state index in [2.05, 4.69) is 5.10 Å². The van der Waals surface area contributed by atoms with Crippen molar-refractivity contribution in [3.05, 3.63) is 84.2 Å². The van der Waals surface area contributed by atoms with E-state index in [1.807, 2.05) is 18.0 Å². The summed E-state index contributed by atoms with van der Waals surface area (Å²) < 4.78 is 33.9. The van der Waals surface area contributed by atoms with E-state index in [1.54, 1.807) is 24.3 Å². The highest BCUT2D eigenvalue weighted by Gasteiger charge is 2.36. The molecular formula is C26H19Cl2F2N5O3. The molecule has 2 heterocycles. The normalized spacial score (nSPS) is 15.4. The fourth-order valence-corrected chi connectivity index (χ4v) is 5.09. The van der Waals surface area contributed by atoms with Crippen molar-refractivity contribution in [1.82, 2.24) is 19.7 Å². The van der Waals surface area contributed by atoms with E-state index in [9.17, 15) is 18.4 Å². The van der Waals surface area contributed by atoms with Gasteiger partial charge in [-0.1, -0.05) is 23.2 Å². The summed E-state index contributed by atoms with van der Waals surface area (Å²) in [5.74, 6) is -2.05. The Morgan fingerprint density at radius 2 is 1.82 bits per heavy atom. The van der Waals surface area contributed by atoms with Crippen LogP contribution in [0.5, 0.6) is 11.5 Å². The molecule has 194 valence electrons. The SMILES string of the molecule is Cc1cc(C2CCC(F)(F)CC2)nc2ccc(Oc3c(Cl)cc(-n4nc(C#N)c(=O)[nH]c4=O)cc3Cl)cc12. The Kier molecular flexibility index (Phi) is 6.67. The first kappa shape index (κ1) is 25.8. The largest absolute Gasteiger partial charge is 0.454 e. The Morgan fingerprint density at radius 1 is 1.13 bits per heavy atom. The van der Waals surface area contributed by atoms with Crippen LogP contribution in [0.25, 0.3) is 16.6 Å². The van der Waals surface area contributed by atoms with Gasteiger partial charge in [0.1, 0.15) is 11.8 Å². The molecule has 0 atom stereocenters. The van der Waals surface area contributed by atoms with Crippen LogP contribution in [0.1, 0.15) is 48.6 Å². The molecule has 1 fully saturated rings. The Balaban J connectivity index is 1.44. The fraction of sp³-hybridized carbons (Fsp3) is 0.269. The van der Waals surface area contributed by atoms with Crippen molar-refractivity contribution in [3.63, 3.8) is 0 Å². The second kappa shape index (κ2) is 9.82. The summed E-state index contributed by atoms with van der Waals surface area (Å²) in [4.78, 5) is 30.6. The van der Waals surface area contributed by atoms with Crippen LogP contribution in [0.2, 0.25) is 10.0 Å². The number of aromatic amines is 1. The highest BCUT2D eigenvalue weighted by Crippen LogP contribution is 2.42. The number of nitriles is 1. The first-order chi connectivity index (χ1) is 18.0. The zero-order valence-corrected chi connectivity index (χ0v) is 21.4. The molecule has 2 aromatic carbocycles. The highest BCUT2D eigenvalue weighted by molar-refractivity contribution is 6.37. The van der Waals surface area contributed by atoms with Crippen LogP contribution in [0, 0.1) is 18.3 Å². The zero-order chi connectivity index (χ0) is 27.2. The van der Waals surface area contributed by atoms with E-state index in [1.165, 1.54) is 12.1 Å². The third kappa shape index (κ3) is 4.99. The second-order valence-electron chi connectivity index (χ2n) is 9.15. The molecule has 0 spiro atoms. The Hall–Kier alpha value is -3.81. The van der Waals surface area contributed by atoms with E-state index >= 15 is 0 Å². The number of alkyl halides is 2. The maximum Gasteiger partial charge on any atom is 0.349 e. The molecule has 0 unspecified atom stereocenters. The van der Waals surface area contributed by atoms with Gasteiger partial charge < -0.3 is 4.74 Å². The number of rotatable bonds is 4. The van der Waals surface area contributed by atoms with Gasteiger partial charge in [0.2, 0.25) is 11.6 Å². The van der Waals surface area contributed by atoms with Crippen molar-refractivity contribution in [3.8, 4) is 23.3 Å². The smallest absolute Gasteiger partial charge is 0.349 e. The average Bonchev–Trinajstić information content (AvgIpc) is 2.86. The lowest BCUT2D eigenvalue weighted by molar-refractivity contribution is -0.0384. The minimum absolute atomic E-state index is 0.00143. The molecule has 8 nitrogen and oxygen atoms in total. The monoisotopic (exact) mass is 557 g/mol. The number of halogens is 4. The molecule has 1 saturated carbocycles. The van der Waals surface area contributed by atoms with Gasteiger partial charge in [-0.3, -0.25) is 14.8 Å². The first-order valence-corrected chi connectivity index (χ1v) is 12.4. The summed E-state index contributed by atoms with van der Waals surface area (Å²) in [6.07, 6.45) is 0.543. The number of nitrogens with one attached hydrogen (secondary N) is 1. The molecule has 1 N–H and O–H groups in total. The van der Waals surface area contributed by atoms with Gasteiger partial charge in [-0.15, -0.1) is 5.10 Å². The number of fused-ring (bicyclic) bond motifs is 1. The molecular weight excluding hydrogens is 539 g/mol. The molecule has 2 aromatic heterocycles. The summed E-state index contributed by atoms with van der Waals surface area (Å²) >= 11 is 12.8. The molecule has 38 heavy (non-hydrogen) atoms. The summed E-state index contributed by atoms with van der Waals surface area (Å²) in [5, 5.41) is 13.7. The molecule has 0 saturated heterocycles. The lowest BCUT2D eigenvalue weighted by Gasteiger charge is -2.28. The van der Waals surface area contributed by atoms with Crippen molar-refractivity contribution >= 4 is 34.1 Å². The first-order valence-electron chi connectivity index (χ1n) is 11.6. The zero-order valence-electron chi connectivity index (χ0n) is 19.9. The number of benzene rings is 2. The Labute approximate surface area is 224 Å². The Bertz CT molecular complexity index is 1710. The predicted octanol–water partition coefficient (Wildman–Crippen LogP) is 6.04. The van der Waals surface area contributed by atoms with Crippen LogP contribution < -0.4 is 16.0 Å². The van der Waals surface area contributed by atoms with Gasteiger partial charge in [-0.2, -0.15) is 9.94 Å². The number of pyridine rings is 1. The minimum Gasteiger partial charge on any atom is -0.454 e. The summed E-state index contributed by atoms with van der Waals surface area (Å²) in [7, 11) is 0. The van der Waals surface area contributed by atoms with Crippen LogP contribution in [0.15, 0.2) is 46.0 Å². The van der Waals surface area contributed by atoms with Gasteiger partial charge in [-0.25, -0.2) is 13.6 Å². The van der Waals surface area contributed by atoms with Gasteiger partial charge >= 0.3 is 5.69 Å². The van der Waals surface area contributed by atoms with Crippen LogP contribution in [-0.4, -0.2) is 25.7 Å². The second-order valence-corrected chi connectivity index (χ2v) is 9.96.